The van der Waals surface area contributed by atoms with Crippen LogP contribution in [0.4, 0.5) is 0 Å². The Bertz CT molecular complexity index is 134. The quantitative estimate of drug-likeness (QED) is 0.714. The molecule has 0 amide bonds. The first-order valence-electron chi connectivity index (χ1n) is 5.83. The highest BCUT2D eigenvalue weighted by Crippen LogP contribution is 2.35. The molecule has 0 aliphatic heterocycles. The SMILES string of the molecule is CC[C@@H](O)C1CCC(C(C)C)CC1. The summed E-state index contributed by atoms with van der Waals surface area (Å²) >= 11 is 0. The predicted octanol–water partition coefficient (Wildman–Crippen LogP) is 3.22. The Labute approximate surface area is 82.5 Å². The molecule has 1 heteroatoms. The lowest BCUT2D eigenvalue weighted by Gasteiger charge is -2.33. The van der Waals surface area contributed by atoms with E-state index < -0.39 is 0 Å². The van der Waals surface area contributed by atoms with Gasteiger partial charge in [-0.25, -0.2) is 0 Å². The average molecular weight is 184 g/mol. The maximum atomic E-state index is 9.71. The highest BCUT2D eigenvalue weighted by atomic mass is 16.3. The van der Waals surface area contributed by atoms with Crippen LogP contribution in [-0.2, 0) is 0 Å². The van der Waals surface area contributed by atoms with E-state index in [0.717, 1.165) is 18.3 Å². The van der Waals surface area contributed by atoms with Crippen molar-refractivity contribution in [2.75, 3.05) is 0 Å². The third kappa shape index (κ3) is 2.98. The van der Waals surface area contributed by atoms with Crippen molar-refractivity contribution in [3.8, 4) is 0 Å². The van der Waals surface area contributed by atoms with Crippen LogP contribution >= 0.6 is 0 Å². The third-order valence-corrected chi connectivity index (χ3v) is 3.72. The van der Waals surface area contributed by atoms with Gasteiger partial charge in [0.1, 0.15) is 0 Å². The normalized spacial score (nSPS) is 32.1. The lowest BCUT2D eigenvalue weighted by atomic mass is 9.75. The van der Waals surface area contributed by atoms with Crippen molar-refractivity contribution in [3.63, 3.8) is 0 Å². The Balaban J connectivity index is 2.30. The molecule has 1 fully saturated rings. The van der Waals surface area contributed by atoms with Crippen molar-refractivity contribution >= 4 is 0 Å². The van der Waals surface area contributed by atoms with Gasteiger partial charge in [0.15, 0.2) is 0 Å². The summed E-state index contributed by atoms with van der Waals surface area (Å²) in [5.74, 6) is 2.35. The molecule has 1 saturated carbocycles. The van der Waals surface area contributed by atoms with Crippen LogP contribution in [0.25, 0.3) is 0 Å². The zero-order valence-corrected chi connectivity index (χ0v) is 9.29. The smallest absolute Gasteiger partial charge is 0.0565 e. The van der Waals surface area contributed by atoms with Crippen LogP contribution in [0.15, 0.2) is 0 Å². The summed E-state index contributed by atoms with van der Waals surface area (Å²) in [5.41, 5.74) is 0. The highest BCUT2D eigenvalue weighted by Gasteiger charge is 2.26. The zero-order valence-electron chi connectivity index (χ0n) is 9.29. The van der Waals surface area contributed by atoms with E-state index in [4.69, 9.17) is 0 Å². The molecule has 0 aromatic rings. The Morgan fingerprint density at radius 1 is 1.08 bits per heavy atom. The van der Waals surface area contributed by atoms with Gasteiger partial charge in [-0.05, 0) is 49.9 Å². The zero-order chi connectivity index (χ0) is 9.84. The molecular formula is C12H24O. The van der Waals surface area contributed by atoms with Crippen molar-refractivity contribution in [2.24, 2.45) is 17.8 Å². The molecule has 0 heterocycles. The summed E-state index contributed by atoms with van der Waals surface area (Å²) in [6.45, 7) is 6.72. The predicted molar refractivity (Wildman–Crippen MR) is 56.6 cm³/mol. The molecule has 0 spiro atoms. The second-order valence-corrected chi connectivity index (χ2v) is 4.89. The molecule has 0 aromatic carbocycles. The molecule has 13 heavy (non-hydrogen) atoms. The van der Waals surface area contributed by atoms with Gasteiger partial charge in [-0.1, -0.05) is 20.8 Å². The van der Waals surface area contributed by atoms with E-state index in [0.29, 0.717) is 5.92 Å². The van der Waals surface area contributed by atoms with Gasteiger partial charge in [-0.15, -0.1) is 0 Å². The summed E-state index contributed by atoms with van der Waals surface area (Å²) in [6.07, 6.45) is 6.05. The van der Waals surface area contributed by atoms with Gasteiger partial charge in [0.05, 0.1) is 6.10 Å². The van der Waals surface area contributed by atoms with Gasteiger partial charge in [0, 0.05) is 0 Å². The molecule has 1 rings (SSSR count). The maximum absolute atomic E-state index is 9.71. The van der Waals surface area contributed by atoms with Crippen molar-refractivity contribution in [1.82, 2.24) is 0 Å². The largest absolute Gasteiger partial charge is 0.393 e. The fourth-order valence-corrected chi connectivity index (χ4v) is 2.53. The van der Waals surface area contributed by atoms with Crippen molar-refractivity contribution in [3.05, 3.63) is 0 Å². The summed E-state index contributed by atoms with van der Waals surface area (Å²) < 4.78 is 0. The second-order valence-electron chi connectivity index (χ2n) is 4.89. The lowest BCUT2D eigenvalue weighted by Crippen LogP contribution is -2.26. The second kappa shape index (κ2) is 4.99. The molecule has 0 aromatic heterocycles. The van der Waals surface area contributed by atoms with Crippen molar-refractivity contribution < 1.29 is 5.11 Å². The molecule has 1 aliphatic rings. The Hall–Kier alpha value is -0.0400. The lowest BCUT2D eigenvalue weighted by molar-refractivity contribution is 0.0645. The van der Waals surface area contributed by atoms with E-state index >= 15 is 0 Å². The number of hydrogen-bond donors (Lipinski definition) is 1. The first-order valence-corrected chi connectivity index (χ1v) is 5.83. The molecule has 0 saturated heterocycles. The van der Waals surface area contributed by atoms with Gasteiger partial charge in [-0.2, -0.15) is 0 Å². The number of rotatable bonds is 3. The van der Waals surface area contributed by atoms with Crippen LogP contribution in [0, 0.1) is 17.8 Å². The number of hydrogen-bond acceptors (Lipinski definition) is 1. The minimum atomic E-state index is -0.0342. The van der Waals surface area contributed by atoms with Gasteiger partial charge in [0.2, 0.25) is 0 Å². The van der Waals surface area contributed by atoms with Gasteiger partial charge in [0.25, 0.3) is 0 Å². The molecule has 1 aliphatic carbocycles. The third-order valence-electron chi connectivity index (χ3n) is 3.72. The van der Waals surface area contributed by atoms with Crippen LogP contribution in [0.5, 0.6) is 0 Å². The maximum Gasteiger partial charge on any atom is 0.0565 e. The van der Waals surface area contributed by atoms with Crippen molar-refractivity contribution in [2.45, 2.75) is 59.0 Å². The minimum Gasteiger partial charge on any atom is -0.393 e. The summed E-state index contributed by atoms with van der Waals surface area (Å²) in [6, 6.07) is 0. The Kier molecular flexibility index (Phi) is 4.24. The van der Waals surface area contributed by atoms with Crippen molar-refractivity contribution in [1.29, 1.82) is 0 Å². The molecular weight excluding hydrogens is 160 g/mol. The first-order chi connectivity index (χ1) is 6.15. The van der Waals surface area contributed by atoms with Gasteiger partial charge >= 0.3 is 0 Å². The van der Waals surface area contributed by atoms with Crippen LogP contribution < -0.4 is 0 Å². The molecule has 0 bridgehead atoms. The fraction of sp³-hybridized carbons (Fsp3) is 1.00. The topological polar surface area (TPSA) is 20.2 Å². The van der Waals surface area contributed by atoms with Crippen LogP contribution in [-0.4, -0.2) is 11.2 Å². The van der Waals surface area contributed by atoms with E-state index in [1.807, 2.05) is 0 Å². The van der Waals surface area contributed by atoms with E-state index in [1.54, 1.807) is 0 Å². The molecule has 0 radical (unpaired) electrons. The summed E-state index contributed by atoms with van der Waals surface area (Å²) in [7, 11) is 0. The summed E-state index contributed by atoms with van der Waals surface area (Å²) in [4.78, 5) is 0. The Morgan fingerprint density at radius 2 is 1.54 bits per heavy atom. The first kappa shape index (κ1) is 11.0. The molecule has 0 unspecified atom stereocenters. The van der Waals surface area contributed by atoms with Gasteiger partial charge < -0.3 is 5.11 Å². The summed E-state index contributed by atoms with van der Waals surface area (Å²) in [5, 5.41) is 9.71. The van der Waals surface area contributed by atoms with E-state index in [2.05, 4.69) is 20.8 Å². The number of aliphatic hydroxyl groups excluding tert-OH is 1. The fourth-order valence-electron chi connectivity index (χ4n) is 2.53. The van der Waals surface area contributed by atoms with E-state index in [1.165, 1.54) is 25.7 Å². The van der Waals surface area contributed by atoms with E-state index in [-0.39, 0.29) is 6.10 Å². The Morgan fingerprint density at radius 3 is 1.92 bits per heavy atom. The minimum absolute atomic E-state index is 0.0342. The highest BCUT2D eigenvalue weighted by molar-refractivity contribution is 4.78. The average Bonchev–Trinajstić information content (AvgIpc) is 2.17. The van der Waals surface area contributed by atoms with Gasteiger partial charge in [-0.3, -0.25) is 0 Å². The molecule has 1 atom stereocenters. The molecule has 1 N–H and O–H groups in total. The monoisotopic (exact) mass is 184 g/mol. The molecule has 1 nitrogen and oxygen atoms in total. The van der Waals surface area contributed by atoms with Crippen LogP contribution in [0.1, 0.15) is 52.9 Å². The molecule has 78 valence electrons. The standard InChI is InChI=1S/C12H24O/c1-4-12(13)11-7-5-10(6-8-11)9(2)3/h9-13H,4-8H2,1-3H3/t10?,11?,12-/m1/s1. The van der Waals surface area contributed by atoms with Crippen LogP contribution in [0.3, 0.4) is 0 Å². The van der Waals surface area contributed by atoms with E-state index in [9.17, 15) is 5.11 Å². The van der Waals surface area contributed by atoms with Crippen LogP contribution in [0.2, 0.25) is 0 Å². The number of aliphatic hydroxyl groups is 1.